The molecule has 0 aliphatic rings. The summed E-state index contributed by atoms with van der Waals surface area (Å²) < 4.78 is 6.36. The van der Waals surface area contributed by atoms with Gasteiger partial charge in [-0.25, -0.2) is 4.79 Å². The van der Waals surface area contributed by atoms with Crippen LogP contribution in [0.2, 0.25) is 0 Å². The van der Waals surface area contributed by atoms with Gasteiger partial charge < -0.3 is 9.72 Å². The summed E-state index contributed by atoms with van der Waals surface area (Å²) in [6.45, 7) is 0.468. The van der Waals surface area contributed by atoms with E-state index in [0.717, 1.165) is 5.69 Å². The van der Waals surface area contributed by atoms with E-state index < -0.39 is 0 Å². The molecule has 0 fully saturated rings. The van der Waals surface area contributed by atoms with Crippen molar-refractivity contribution in [1.82, 2.24) is 9.55 Å². The lowest BCUT2D eigenvalue weighted by atomic mass is 10.5. The van der Waals surface area contributed by atoms with Gasteiger partial charge in [0.1, 0.15) is 0 Å². The predicted molar refractivity (Wildman–Crippen MR) is 36.7 cm³/mol. The number of ether oxygens (including phenoxy) is 1. The van der Waals surface area contributed by atoms with Crippen LogP contribution in [0.3, 0.4) is 0 Å². The van der Waals surface area contributed by atoms with Gasteiger partial charge in [-0.15, -0.1) is 0 Å². The van der Waals surface area contributed by atoms with Crippen LogP contribution in [0.15, 0.2) is 11.0 Å². The number of methoxy groups -OCH3 is 1. The van der Waals surface area contributed by atoms with Crippen LogP contribution in [-0.4, -0.2) is 16.7 Å². The molecule has 0 spiro atoms. The van der Waals surface area contributed by atoms with Crippen LogP contribution < -0.4 is 5.69 Å². The number of aromatic nitrogens is 2. The van der Waals surface area contributed by atoms with Gasteiger partial charge in [-0.05, 0) is 0 Å². The van der Waals surface area contributed by atoms with Crippen LogP contribution >= 0.6 is 0 Å². The summed E-state index contributed by atoms with van der Waals surface area (Å²) in [6.07, 6.45) is 1.64. The third kappa shape index (κ3) is 1.11. The second kappa shape index (κ2) is 2.70. The molecule has 0 saturated carbocycles. The smallest absolute Gasteiger partial charge is 0.325 e. The first-order chi connectivity index (χ1) is 4.75. The van der Waals surface area contributed by atoms with Crippen LogP contribution in [0, 0.1) is 0 Å². The van der Waals surface area contributed by atoms with E-state index in [-0.39, 0.29) is 5.69 Å². The van der Waals surface area contributed by atoms with E-state index in [1.807, 2.05) is 0 Å². The molecule has 0 saturated heterocycles. The van der Waals surface area contributed by atoms with Gasteiger partial charge >= 0.3 is 5.69 Å². The Morgan fingerprint density at radius 3 is 2.90 bits per heavy atom. The molecule has 0 amide bonds. The molecule has 0 unspecified atom stereocenters. The van der Waals surface area contributed by atoms with Gasteiger partial charge in [0.15, 0.2) is 0 Å². The Morgan fingerprint density at radius 2 is 2.50 bits per heavy atom. The lowest BCUT2D eigenvalue weighted by molar-refractivity contribution is 0.178. The lowest BCUT2D eigenvalue weighted by Gasteiger charge is -1.96. The summed E-state index contributed by atoms with van der Waals surface area (Å²) >= 11 is 0. The van der Waals surface area contributed by atoms with Gasteiger partial charge in [0.05, 0.1) is 12.3 Å². The third-order valence-electron chi connectivity index (χ3n) is 1.39. The second-order valence-electron chi connectivity index (χ2n) is 2.08. The highest BCUT2D eigenvalue weighted by Crippen LogP contribution is 1.92. The normalized spacial score (nSPS) is 10.2. The van der Waals surface area contributed by atoms with Crippen molar-refractivity contribution in [2.75, 3.05) is 7.11 Å². The Morgan fingerprint density at radius 1 is 1.80 bits per heavy atom. The van der Waals surface area contributed by atoms with Crippen LogP contribution in [0.25, 0.3) is 0 Å². The number of hydrogen-bond acceptors (Lipinski definition) is 2. The molecule has 56 valence electrons. The number of imidazole rings is 1. The molecule has 10 heavy (non-hydrogen) atoms. The Bertz CT molecular complexity index is 261. The molecule has 4 nitrogen and oxygen atoms in total. The Labute approximate surface area is 58.4 Å². The van der Waals surface area contributed by atoms with Crippen molar-refractivity contribution in [3.05, 3.63) is 22.4 Å². The molecular weight excluding hydrogens is 132 g/mol. The Kier molecular flexibility index (Phi) is 1.91. The zero-order valence-corrected chi connectivity index (χ0v) is 6.05. The molecule has 1 rings (SSSR count). The molecule has 1 aromatic rings. The van der Waals surface area contributed by atoms with Crippen LogP contribution in [-0.2, 0) is 18.4 Å². The van der Waals surface area contributed by atoms with Crippen molar-refractivity contribution in [3.8, 4) is 0 Å². The second-order valence-corrected chi connectivity index (χ2v) is 2.08. The zero-order chi connectivity index (χ0) is 7.56. The fourth-order valence-corrected chi connectivity index (χ4v) is 0.755. The highest BCUT2D eigenvalue weighted by Gasteiger charge is 1.98. The molecule has 0 bridgehead atoms. The van der Waals surface area contributed by atoms with Gasteiger partial charge in [-0.1, -0.05) is 0 Å². The summed E-state index contributed by atoms with van der Waals surface area (Å²) in [5.74, 6) is 0. The predicted octanol–water partition coefficient (Wildman–Crippen LogP) is -0.140. The average molecular weight is 142 g/mol. The first-order valence-corrected chi connectivity index (χ1v) is 2.98. The minimum atomic E-state index is -0.105. The minimum Gasteiger partial charge on any atom is -0.378 e. The number of rotatable bonds is 2. The van der Waals surface area contributed by atoms with Gasteiger partial charge in [0, 0.05) is 20.4 Å². The highest BCUT2D eigenvalue weighted by molar-refractivity contribution is 4.95. The number of aromatic amines is 1. The van der Waals surface area contributed by atoms with Gasteiger partial charge in [0.2, 0.25) is 0 Å². The average Bonchev–Trinajstić information content (AvgIpc) is 2.20. The Hall–Kier alpha value is -1.03. The summed E-state index contributed by atoms with van der Waals surface area (Å²) in [4.78, 5) is 13.3. The third-order valence-corrected chi connectivity index (χ3v) is 1.39. The highest BCUT2D eigenvalue weighted by atomic mass is 16.5. The van der Waals surface area contributed by atoms with E-state index in [1.54, 1.807) is 20.4 Å². The topological polar surface area (TPSA) is 47.0 Å². The van der Waals surface area contributed by atoms with Crippen molar-refractivity contribution in [2.24, 2.45) is 7.05 Å². The maximum Gasteiger partial charge on any atom is 0.325 e. The van der Waals surface area contributed by atoms with Gasteiger partial charge in [0.25, 0.3) is 0 Å². The number of nitrogens with one attached hydrogen (secondary N) is 1. The molecule has 0 radical (unpaired) electrons. The molecule has 4 heteroatoms. The number of nitrogens with zero attached hydrogens (tertiary/aromatic N) is 1. The van der Waals surface area contributed by atoms with Crippen molar-refractivity contribution in [1.29, 1.82) is 0 Å². The van der Waals surface area contributed by atoms with Crippen molar-refractivity contribution >= 4 is 0 Å². The van der Waals surface area contributed by atoms with Crippen LogP contribution in [0.4, 0.5) is 0 Å². The Balaban J connectivity index is 2.94. The lowest BCUT2D eigenvalue weighted by Crippen LogP contribution is -2.14. The zero-order valence-electron chi connectivity index (χ0n) is 6.05. The van der Waals surface area contributed by atoms with Crippen LogP contribution in [0.5, 0.6) is 0 Å². The molecule has 1 N–H and O–H groups in total. The summed E-state index contributed by atoms with van der Waals surface area (Å²) in [5.41, 5.74) is 0.750. The molecule has 0 aliphatic carbocycles. The summed E-state index contributed by atoms with van der Waals surface area (Å²) in [5, 5.41) is 0. The van der Waals surface area contributed by atoms with Crippen LogP contribution in [0.1, 0.15) is 5.69 Å². The first-order valence-electron chi connectivity index (χ1n) is 2.98. The largest absolute Gasteiger partial charge is 0.378 e. The van der Waals surface area contributed by atoms with E-state index >= 15 is 0 Å². The first kappa shape index (κ1) is 7.08. The quantitative estimate of drug-likeness (QED) is 0.624. The summed E-state index contributed by atoms with van der Waals surface area (Å²) in [6, 6.07) is 0. The molecule has 0 aromatic carbocycles. The number of H-pyrrole nitrogens is 1. The monoisotopic (exact) mass is 142 g/mol. The van der Waals surface area contributed by atoms with E-state index in [9.17, 15) is 4.79 Å². The van der Waals surface area contributed by atoms with Crippen molar-refractivity contribution in [2.45, 2.75) is 6.61 Å². The molecular formula is C6H10N2O2. The molecule has 1 heterocycles. The standard InChI is InChI=1S/C6H10N2O2/c1-8-5(4-10-2)3-7-6(8)9/h3H,4H2,1-2H3,(H,7,9). The van der Waals surface area contributed by atoms with E-state index in [4.69, 9.17) is 4.74 Å². The van der Waals surface area contributed by atoms with E-state index in [1.165, 1.54) is 4.57 Å². The fourth-order valence-electron chi connectivity index (χ4n) is 0.755. The summed E-state index contributed by atoms with van der Waals surface area (Å²) in [7, 11) is 3.30. The van der Waals surface area contributed by atoms with Gasteiger partial charge in [-0.3, -0.25) is 4.57 Å². The molecule has 1 aromatic heterocycles. The van der Waals surface area contributed by atoms with E-state index in [0.29, 0.717) is 6.61 Å². The molecule has 0 aliphatic heterocycles. The maximum absolute atomic E-state index is 10.8. The van der Waals surface area contributed by atoms with Crippen molar-refractivity contribution < 1.29 is 4.74 Å². The minimum absolute atomic E-state index is 0.105. The number of hydrogen-bond donors (Lipinski definition) is 1. The fraction of sp³-hybridized carbons (Fsp3) is 0.500. The SMILES string of the molecule is COCc1c[nH]c(=O)n1C. The van der Waals surface area contributed by atoms with Crippen molar-refractivity contribution in [3.63, 3.8) is 0 Å². The van der Waals surface area contributed by atoms with Gasteiger partial charge in [-0.2, -0.15) is 0 Å². The maximum atomic E-state index is 10.8. The molecule has 0 atom stereocenters. The van der Waals surface area contributed by atoms with E-state index in [2.05, 4.69) is 4.98 Å².